The number of pyridine rings is 1. The fourth-order valence-electron chi connectivity index (χ4n) is 4.71. The molecule has 2 aliphatic heterocycles. The molecule has 2 fully saturated rings. The number of alkyl carbamates (subject to hydrolysis) is 1. The van der Waals surface area contributed by atoms with Gasteiger partial charge in [-0.1, -0.05) is 12.1 Å². The Morgan fingerprint density at radius 1 is 1.25 bits per heavy atom. The first-order chi connectivity index (χ1) is 15.1. The molecule has 32 heavy (non-hydrogen) atoms. The van der Waals surface area contributed by atoms with Crippen molar-refractivity contribution in [3.8, 4) is 0 Å². The van der Waals surface area contributed by atoms with Crippen molar-refractivity contribution in [1.29, 1.82) is 0 Å². The number of nitrogens with one attached hydrogen (secondary N) is 1. The summed E-state index contributed by atoms with van der Waals surface area (Å²) in [5.41, 5.74) is 0.888. The van der Waals surface area contributed by atoms with Crippen molar-refractivity contribution in [2.45, 2.75) is 38.3 Å². The molecule has 0 aromatic carbocycles. The van der Waals surface area contributed by atoms with Gasteiger partial charge in [0.05, 0.1) is 18.6 Å². The lowest BCUT2D eigenvalue weighted by atomic mass is 9.77. The molecule has 1 N–H and O–H groups in total. The molecule has 1 unspecified atom stereocenters. The number of hydrogen-bond donors (Lipinski definition) is 1. The largest absolute Gasteiger partial charge is 0.453 e. The van der Waals surface area contributed by atoms with Gasteiger partial charge in [-0.25, -0.2) is 4.79 Å². The maximum Gasteiger partial charge on any atom is 0.407 e. The molecule has 2 aromatic heterocycles. The van der Waals surface area contributed by atoms with Gasteiger partial charge in [0.1, 0.15) is 0 Å². The van der Waals surface area contributed by atoms with Crippen LogP contribution in [0.25, 0.3) is 0 Å². The molecule has 4 heterocycles. The summed E-state index contributed by atoms with van der Waals surface area (Å²) in [6.45, 7) is 4.21. The number of piperidine rings is 1. The average molecular weight is 479 g/mol. The second kappa shape index (κ2) is 11.1. The maximum absolute atomic E-state index is 13.2. The van der Waals surface area contributed by atoms with E-state index in [1.165, 1.54) is 7.11 Å². The van der Waals surface area contributed by atoms with Crippen molar-refractivity contribution >= 4 is 35.7 Å². The maximum atomic E-state index is 13.2. The SMILES string of the molecule is COC(=O)NC(CCN1CCC2(CC1)CCN(Cc1cccnc1)C2=O)c1cccs1.Cl. The minimum atomic E-state index is -0.402. The molecule has 2 aliphatic rings. The van der Waals surface area contributed by atoms with E-state index in [1.54, 1.807) is 17.5 Å². The summed E-state index contributed by atoms with van der Waals surface area (Å²) < 4.78 is 4.79. The highest BCUT2D eigenvalue weighted by Crippen LogP contribution is 2.42. The summed E-state index contributed by atoms with van der Waals surface area (Å²) in [6, 6.07) is 7.94. The summed E-state index contributed by atoms with van der Waals surface area (Å²) in [5, 5.41) is 4.97. The second-order valence-electron chi connectivity index (χ2n) is 8.45. The number of likely N-dealkylation sites (tertiary alicyclic amines) is 2. The van der Waals surface area contributed by atoms with Gasteiger partial charge in [0.2, 0.25) is 5.91 Å². The summed E-state index contributed by atoms with van der Waals surface area (Å²) >= 11 is 1.64. The highest BCUT2D eigenvalue weighted by Gasteiger charge is 2.47. The minimum absolute atomic E-state index is 0. The van der Waals surface area contributed by atoms with Crippen LogP contribution >= 0.6 is 23.7 Å². The molecule has 0 saturated carbocycles. The lowest BCUT2D eigenvalue weighted by molar-refractivity contribution is -0.138. The standard InChI is InChI=1S/C23H30N4O3S.ClH/c1-30-22(29)25-19(20-5-3-15-31-20)6-11-26-12-7-23(8-13-26)9-14-27(21(23)28)17-18-4-2-10-24-16-18;/h2-5,10,15-16,19H,6-9,11-14,17H2,1H3,(H,25,29);1H. The zero-order valence-electron chi connectivity index (χ0n) is 18.4. The Kier molecular flexibility index (Phi) is 8.51. The number of ether oxygens (including phenoxy) is 1. The van der Waals surface area contributed by atoms with E-state index in [-0.39, 0.29) is 23.9 Å². The molecule has 0 radical (unpaired) electrons. The van der Waals surface area contributed by atoms with Crippen molar-refractivity contribution in [3.05, 3.63) is 52.5 Å². The van der Waals surface area contributed by atoms with E-state index in [1.807, 2.05) is 40.7 Å². The van der Waals surface area contributed by atoms with Crippen LogP contribution in [0.3, 0.4) is 0 Å². The number of carbonyl (C=O) groups excluding carboxylic acids is 2. The van der Waals surface area contributed by atoms with Gasteiger partial charge in [0.25, 0.3) is 0 Å². The number of thiophene rings is 1. The lowest BCUT2D eigenvalue weighted by Crippen LogP contribution is -2.45. The number of nitrogens with zero attached hydrogens (tertiary/aromatic N) is 3. The molecule has 0 aliphatic carbocycles. The van der Waals surface area contributed by atoms with Crippen LogP contribution in [-0.2, 0) is 16.1 Å². The minimum Gasteiger partial charge on any atom is -0.453 e. The molecule has 4 rings (SSSR count). The van der Waals surface area contributed by atoms with Crippen LogP contribution in [-0.4, -0.2) is 60.1 Å². The van der Waals surface area contributed by atoms with Gasteiger partial charge >= 0.3 is 6.09 Å². The Balaban J connectivity index is 0.00000289. The smallest absolute Gasteiger partial charge is 0.407 e. The number of rotatable bonds is 7. The van der Waals surface area contributed by atoms with Gasteiger partial charge in [-0.2, -0.15) is 0 Å². The van der Waals surface area contributed by atoms with E-state index in [2.05, 4.69) is 15.2 Å². The number of carbonyl (C=O) groups is 2. The van der Waals surface area contributed by atoms with E-state index in [9.17, 15) is 9.59 Å². The first-order valence-electron chi connectivity index (χ1n) is 10.9. The predicted octanol–water partition coefficient (Wildman–Crippen LogP) is 3.87. The number of hydrogen-bond acceptors (Lipinski definition) is 6. The van der Waals surface area contributed by atoms with E-state index < -0.39 is 6.09 Å². The highest BCUT2D eigenvalue weighted by molar-refractivity contribution is 7.10. The molecule has 7 nitrogen and oxygen atoms in total. The molecular formula is C23H31ClN4O3S. The summed E-state index contributed by atoms with van der Waals surface area (Å²) in [4.78, 5) is 34.7. The Labute approximate surface area is 199 Å². The second-order valence-corrected chi connectivity index (χ2v) is 9.43. The van der Waals surface area contributed by atoms with Gasteiger partial charge in [-0.05, 0) is 61.8 Å². The van der Waals surface area contributed by atoms with E-state index >= 15 is 0 Å². The third kappa shape index (κ3) is 5.60. The zero-order chi connectivity index (χ0) is 21.7. The summed E-state index contributed by atoms with van der Waals surface area (Å²) in [5.74, 6) is 0.305. The van der Waals surface area contributed by atoms with Crippen molar-refractivity contribution in [2.24, 2.45) is 5.41 Å². The molecule has 2 aromatic rings. The molecule has 9 heteroatoms. The monoisotopic (exact) mass is 478 g/mol. The molecule has 1 atom stereocenters. The number of aromatic nitrogens is 1. The normalized spacial score (nSPS) is 18.9. The third-order valence-electron chi connectivity index (χ3n) is 6.61. The van der Waals surface area contributed by atoms with Crippen LogP contribution in [0, 0.1) is 5.41 Å². The van der Waals surface area contributed by atoms with Gasteiger partial charge in [0, 0.05) is 36.9 Å². The van der Waals surface area contributed by atoms with E-state index in [0.29, 0.717) is 12.5 Å². The first-order valence-corrected chi connectivity index (χ1v) is 11.8. The van der Waals surface area contributed by atoms with Gasteiger partial charge in [-0.3, -0.25) is 9.78 Å². The molecule has 1 spiro atoms. The Hall–Kier alpha value is -2.16. The van der Waals surface area contributed by atoms with Crippen molar-refractivity contribution in [3.63, 3.8) is 0 Å². The van der Waals surface area contributed by atoms with Gasteiger partial charge < -0.3 is 19.9 Å². The molecule has 0 bridgehead atoms. The predicted molar refractivity (Wildman–Crippen MR) is 127 cm³/mol. The molecule has 2 saturated heterocycles. The molecule has 174 valence electrons. The quantitative estimate of drug-likeness (QED) is 0.653. The topological polar surface area (TPSA) is 74.8 Å². The highest BCUT2D eigenvalue weighted by atomic mass is 35.5. The van der Waals surface area contributed by atoms with Gasteiger partial charge in [-0.15, -0.1) is 23.7 Å². The summed E-state index contributed by atoms with van der Waals surface area (Å²) in [6.07, 6.45) is 6.78. The van der Waals surface area contributed by atoms with Crippen LogP contribution in [0.5, 0.6) is 0 Å². The number of methoxy groups -OCH3 is 1. The Morgan fingerprint density at radius 3 is 2.69 bits per heavy atom. The Morgan fingerprint density at radius 2 is 2.03 bits per heavy atom. The zero-order valence-corrected chi connectivity index (χ0v) is 20.0. The third-order valence-corrected chi connectivity index (χ3v) is 7.59. The van der Waals surface area contributed by atoms with Crippen LogP contribution < -0.4 is 5.32 Å². The van der Waals surface area contributed by atoms with Crippen LogP contribution in [0.4, 0.5) is 4.79 Å². The van der Waals surface area contributed by atoms with Crippen molar-refractivity contribution in [2.75, 3.05) is 33.3 Å². The fraction of sp³-hybridized carbons (Fsp3) is 0.522. The van der Waals surface area contributed by atoms with E-state index in [0.717, 1.165) is 62.3 Å². The number of amides is 2. The molecular weight excluding hydrogens is 448 g/mol. The molecule has 2 amide bonds. The van der Waals surface area contributed by atoms with Gasteiger partial charge in [0.15, 0.2) is 0 Å². The average Bonchev–Trinajstić information content (AvgIpc) is 3.44. The summed E-state index contributed by atoms with van der Waals surface area (Å²) in [7, 11) is 1.39. The Bertz CT molecular complexity index is 873. The van der Waals surface area contributed by atoms with E-state index in [4.69, 9.17) is 4.74 Å². The van der Waals surface area contributed by atoms with Crippen LogP contribution in [0.1, 0.15) is 42.2 Å². The lowest BCUT2D eigenvalue weighted by Gasteiger charge is -2.38. The fourth-order valence-corrected chi connectivity index (χ4v) is 5.52. The first kappa shape index (κ1) is 24.5. The number of halogens is 1. The van der Waals surface area contributed by atoms with Crippen molar-refractivity contribution < 1.29 is 14.3 Å². The van der Waals surface area contributed by atoms with Crippen molar-refractivity contribution in [1.82, 2.24) is 20.1 Å². The van der Waals surface area contributed by atoms with Crippen LogP contribution in [0.2, 0.25) is 0 Å². The van der Waals surface area contributed by atoms with Crippen LogP contribution in [0.15, 0.2) is 42.0 Å².